The van der Waals surface area contributed by atoms with Crippen LogP contribution in [0.2, 0.25) is 5.02 Å². The van der Waals surface area contributed by atoms with Gasteiger partial charge in [0.15, 0.2) is 0 Å². The number of hydrogen-bond donors (Lipinski definition) is 3. The second-order valence-corrected chi connectivity index (χ2v) is 9.14. The van der Waals surface area contributed by atoms with Gasteiger partial charge in [-0.2, -0.15) is 0 Å². The molecule has 0 saturated heterocycles. The van der Waals surface area contributed by atoms with Gasteiger partial charge in [0.05, 0.1) is 11.6 Å². The van der Waals surface area contributed by atoms with Crippen molar-refractivity contribution in [3.8, 4) is 5.75 Å². The first-order valence-electron chi connectivity index (χ1n) is 10.4. The highest BCUT2D eigenvalue weighted by Gasteiger charge is 2.30. The van der Waals surface area contributed by atoms with E-state index in [1.54, 1.807) is 25.1 Å². The van der Waals surface area contributed by atoms with Crippen molar-refractivity contribution in [3.63, 3.8) is 0 Å². The quantitative estimate of drug-likeness (QED) is 0.674. The van der Waals surface area contributed by atoms with Gasteiger partial charge in [-0.3, -0.25) is 14.4 Å². The van der Waals surface area contributed by atoms with Crippen LogP contribution in [0, 0.1) is 11.8 Å². The van der Waals surface area contributed by atoms with E-state index in [9.17, 15) is 14.4 Å². The monoisotopic (exact) mass is 437 g/mol. The molecular weight excluding hydrogens is 406 g/mol. The van der Waals surface area contributed by atoms with Crippen molar-refractivity contribution in [3.05, 3.63) is 28.8 Å². The lowest BCUT2D eigenvalue weighted by Gasteiger charge is -2.25. The average Bonchev–Trinajstić information content (AvgIpc) is 2.64. The highest BCUT2D eigenvalue weighted by Crippen LogP contribution is 2.24. The Morgan fingerprint density at radius 2 is 1.53 bits per heavy atom. The maximum Gasteiger partial charge on any atom is 0.255 e. The summed E-state index contributed by atoms with van der Waals surface area (Å²) in [7, 11) is 0. The molecule has 0 aromatic heterocycles. The zero-order valence-electron chi connectivity index (χ0n) is 18.3. The maximum absolute atomic E-state index is 13.0. The van der Waals surface area contributed by atoms with Gasteiger partial charge >= 0.3 is 0 Å². The van der Waals surface area contributed by atoms with Crippen LogP contribution in [-0.4, -0.2) is 42.5 Å². The van der Waals surface area contributed by atoms with E-state index in [0.29, 0.717) is 23.6 Å². The van der Waals surface area contributed by atoms with Crippen molar-refractivity contribution in [1.82, 2.24) is 16.0 Å². The van der Waals surface area contributed by atoms with Crippen LogP contribution in [0.4, 0.5) is 0 Å². The number of halogens is 1. The van der Waals surface area contributed by atoms with Crippen molar-refractivity contribution in [1.29, 1.82) is 0 Å². The minimum absolute atomic E-state index is 0.157. The van der Waals surface area contributed by atoms with Gasteiger partial charge in [0.1, 0.15) is 24.4 Å². The molecular formula is C22H32ClN3O4. The second-order valence-electron chi connectivity index (χ2n) is 8.71. The predicted octanol–water partition coefficient (Wildman–Crippen LogP) is 2.91. The largest absolute Gasteiger partial charge is 0.491 e. The van der Waals surface area contributed by atoms with Crippen molar-refractivity contribution in [2.45, 2.75) is 65.6 Å². The van der Waals surface area contributed by atoms with E-state index in [-0.39, 0.29) is 41.9 Å². The van der Waals surface area contributed by atoms with Gasteiger partial charge in [-0.25, -0.2) is 0 Å². The topological polar surface area (TPSA) is 96.5 Å². The van der Waals surface area contributed by atoms with Gasteiger partial charge in [0.2, 0.25) is 11.8 Å². The molecule has 0 radical (unpaired) electrons. The molecule has 1 aromatic carbocycles. The van der Waals surface area contributed by atoms with Crippen LogP contribution in [0.5, 0.6) is 5.75 Å². The van der Waals surface area contributed by atoms with Crippen LogP contribution < -0.4 is 20.7 Å². The standard InChI is InChI=1S/C22H32ClN3O4/c1-12(2)8-17-21(28)24-14(5)11-30-19-10-15(23)6-7-16(19)20(27)25-18(9-13(3)4)22(29)26-17/h6-7,10,12-14,17-18H,8-9,11H2,1-5H3,(H,24,28)(H,25,27)(H,26,29)/t14-,17+,18+/m1/s1. The summed E-state index contributed by atoms with van der Waals surface area (Å²) in [6, 6.07) is 2.94. The number of fused-ring (bicyclic) bond motifs is 1. The molecule has 1 aliphatic rings. The Morgan fingerprint density at radius 3 is 2.13 bits per heavy atom. The third kappa shape index (κ3) is 6.90. The molecule has 30 heavy (non-hydrogen) atoms. The van der Waals surface area contributed by atoms with Crippen molar-refractivity contribution in [2.24, 2.45) is 11.8 Å². The molecule has 0 bridgehead atoms. The highest BCUT2D eigenvalue weighted by atomic mass is 35.5. The molecule has 2 rings (SSSR count). The summed E-state index contributed by atoms with van der Waals surface area (Å²) in [4.78, 5) is 38.8. The number of hydrogen-bond acceptors (Lipinski definition) is 4. The van der Waals surface area contributed by atoms with Crippen LogP contribution in [0.15, 0.2) is 18.2 Å². The molecule has 3 atom stereocenters. The molecule has 0 saturated carbocycles. The summed E-state index contributed by atoms with van der Waals surface area (Å²) in [6.07, 6.45) is 0.928. The third-order valence-electron chi connectivity index (χ3n) is 4.73. The molecule has 0 fully saturated rings. The first-order valence-corrected chi connectivity index (χ1v) is 10.8. The van der Waals surface area contributed by atoms with Gasteiger partial charge in [0.25, 0.3) is 5.91 Å². The Morgan fingerprint density at radius 1 is 0.967 bits per heavy atom. The Labute approximate surface area is 183 Å². The van der Waals surface area contributed by atoms with E-state index < -0.39 is 18.0 Å². The number of carbonyl (C=O) groups is 3. The Kier molecular flexibility index (Phi) is 8.53. The molecule has 1 heterocycles. The lowest BCUT2D eigenvalue weighted by molar-refractivity contribution is -0.130. The van der Waals surface area contributed by atoms with Gasteiger partial charge in [0, 0.05) is 5.02 Å². The average molecular weight is 438 g/mol. The van der Waals surface area contributed by atoms with E-state index in [2.05, 4.69) is 16.0 Å². The van der Waals surface area contributed by atoms with E-state index in [1.165, 1.54) is 0 Å². The first kappa shape index (κ1) is 24.0. The fourth-order valence-electron chi connectivity index (χ4n) is 3.32. The number of amides is 3. The minimum atomic E-state index is -0.776. The summed E-state index contributed by atoms with van der Waals surface area (Å²) in [5, 5.41) is 8.96. The summed E-state index contributed by atoms with van der Waals surface area (Å²) in [5.41, 5.74) is 0.289. The van der Waals surface area contributed by atoms with Crippen molar-refractivity contribution >= 4 is 29.3 Å². The third-order valence-corrected chi connectivity index (χ3v) is 4.97. The lowest BCUT2D eigenvalue weighted by atomic mass is 9.99. The van der Waals surface area contributed by atoms with E-state index in [0.717, 1.165) is 0 Å². The predicted molar refractivity (Wildman–Crippen MR) is 117 cm³/mol. The number of ether oxygens (including phenoxy) is 1. The van der Waals surface area contributed by atoms with E-state index in [1.807, 2.05) is 27.7 Å². The van der Waals surface area contributed by atoms with Crippen LogP contribution in [-0.2, 0) is 9.59 Å². The molecule has 0 unspecified atom stereocenters. The summed E-state index contributed by atoms with van der Waals surface area (Å²) < 4.78 is 5.81. The molecule has 1 aliphatic heterocycles. The second kappa shape index (κ2) is 10.7. The number of nitrogens with one attached hydrogen (secondary N) is 3. The fraction of sp³-hybridized carbons (Fsp3) is 0.591. The molecule has 7 nitrogen and oxygen atoms in total. The summed E-state index contributed by atoms with van der Waals surface area (Å²) in [6.45, 7) is 9.87. The van der Waals surface area contributed by atoms with Crippen LogP contribution >= 0.6 is 11.6 Å². The molecule has 1 aromatic rings. The molecule has 166 valence electrons. The van der Waals surface area contributed by atoms with Gasteiger partial charge in [-0.05, 0) is 49.8 Å². The molecule has 3 N–H and O–H groups in total. The molecule has 0 spiro atoms. The Bertz CT molecular complexity index is 782. The lowest BCUT2D eigenvalue weighted by Crippen LogP contribution is -2.55. The number of rotatable bonds is 4. The first-order chi connectivity index (χ1) is 14.1. The minimum Gasteiger partial charge on any atom is -0.491 e. The number of benzene rings is 1. The normalized spacial score (nSPS) is 23.3. The SMILES string of the molecule is CC(C)C[C@@H]1NC(=O)c2ccc(Cl)cc2OC[C@@H](C)NC(=O)[C@H](CC(C)C)NC1=O. The zero-order valence-corrected chi connectivity index (χ0v) is 19.0. The molecule has 0 aliphatic carbocycles. The van der Waals surface area contributed by atoms with Crippen LogP contribution in [0.25, 0.3) is 0 Å². The zero-order chi connectivity index (χ0) is 22.4. The van der Waals surface area contributed by atoms with Crippen molar-refractivity contribution < 1.29 is 19.1 Å². The smallest absolute Gasteiger partial charge is 0.255 e. The summed E-state index contributed by atoms with van der Waals surface area (Å²) in [5.74, 6) is -0.394. The summed E-state index contributed by atoms with van der Waals surface area (Å²) >= 11 is 6.08. The molecule has 8 heteroatoms. The molecule has 3 amide bonds. The van der Waals surface area contributed by atoms with Gasteiger partial charge in [-0.15, -0.1) is 0 Å². The van der Waals surface area contributed by atoms with Crippen molar-refractivity contribution in [2.75, 3.05) is 6.61 Å². The highest BCUT2D eigenvalue weighted by molar-refractivity contribution is 6.30. The van der Waals surface area contributed by atoms with Gasteiger partial charge in [-0.1, -0.05) is 39.3 Å². The Hall–Kier alpha value is -2.28. The van der Waals surface area contributed by atoms with E-state index in [4.69, 9.17) is 16.3 Å². The van der Waals surface area contributed by atoms with Gasteiger partial charge < -0.3 is 20.7 Å². The fourth-order valence-corrected chi connectivity index (χ4v) is 3.48. The maximum atomic E-state index is 13.0. The van der Waals surface area contributed by atoms with E-state index >= 15 is 0 Å². The number of carbonyl (C=O) groups excluding carboxylic acids is 3. The van der Waals surface area contributed by atoms with Crippen LogP contribution in [0.3, 0.4) is 0 Å². The Balaban J connectivity index is 2.41. The van der Waals surface area contributed by atoms with Crippen LogP contribution in [0.1, 0.15) is 57.8 Å².